The molecule has 2 fully saturated rings. The molecule has 2 saturated heterocycles. The predicted molar refractivity (Wildman–Crippen MR) is 310 cm³/mol. The second-order valence-corrected chi connectivity index (χ2v) is 20.2. The van der Waals surface area contributed by atoms with Gasteiger partial charge in [0.25, 0.3) is 11.8 Å². The predicted octanol–water partition coefficient (Wildman–Crippen LogP) is 10.0. The number of H-pyrrole nitrogens is 2. The summed E-state index contributed by atoms with van der Waals surface area (Å²) in [4.78, 5) is 93.7. The van der Waals surface area contributed by atoms with Crippen LogP contribution in [0.3, 0.4) is 0 Å². The fourth-order valence-corrected chi connectivity index (χ4v) is 10.3. The molecule has 408 valence electrons. The number of nitrogens with zero attached hydrogens (tertiary/aromatic N) is 5. The first kappa shape index (κ1) is 55.4. The molecule has 0 radical (unpaired) electrons. The molecule has 0 unspecified atom stereocenters. The minimum absolute atomic E-state index is 0. The number of hydrogen-bond donors (Lipinski definition) is 5. The summed E-state index contributed by atoms with van der Waals surface area (Å²) in [5, 5.41) is 23.3. The molecular weight excluding hydrogens is 1010 g/mol. The van der Waals surface area contributed by atoms with Crippen LogP contribution in [-0.2, 0) is 4.74 Å². The van der Waals surface area contributed by atoms with Crippen molar-refractivity contribution in [3.63, 3.8) is 0 Å². The van der Waals surface area contributed by atoms with Gasteiger partial charge in [-0.25, -0.2) is 14.5 Å². The Labute approximate surface area is 462 Å². The number of nitrogens with one attached hydrogen (secondary N) is 2. The molecule has 8 aromatic rings. The number of nitrogens with two attached hydrogens (primary N) is 1. The van der Waals surface area contributed by atoms with Crippen molar-refractivity contribution in [2.24, 2.45) is 9.98 Å². The highest BCUT2D eigenvalue weighted by Crippen LogP contribution is 2.35. The van der Waals surface area contributed by atoms with E-state index < -0.39 is 11.9 Å². The molecule has 17 nitrogen and oxygen atoms in total. The largest absolute Gasteiger partial charge is 0.494 e. The van der Waals surface area contributed by atoms with Crippen LogP contribution in [0.4, 0.5) is 11.4 Å². The number of aromatic hydroxyl groups is 2. The summed E-state index contributed by atoms with van der Waals surface area (Å²) in [5.41, 5.74) is 15.2. The average molecular weight is 1080 g/mol. The van der Waals surface area contributed by atoms with Gasteiger partial charge in [0.2, 0.25) is 0 Å². The quantitative estimate of drug-likeness (QED) is 0.0226. The fourth-order valence-electron chi connectivity index (χ4n) is 10.3. The smallest absolute Gasteiger partial charge is 0.346 e. The molecule has 6 aromatic carbocycles. The van der Waals surface area contributed by atoms with Crippen LogP contribution in [0.15, 0.2) is 143 Å². The van der Waals surface area contributed by atoms with E-state index in [9.17, 15) is 39.0 Å². The first-order valence-corrected chi connectivity index (χ1v) is 26.1. The Bertz CT molecular complexity index is 3720. The Balaban J connectivity index is 0.000000165. The second-order valence-electron chi connectivity index (χ2n) is 20.2. The Morgan fingerprint density at radius 1 is 0.537 bits per heavy atom. The minimum atomic E-state index is -0.550. The standard InChI is InChI=1S/C31H28N4O4.C23H26N4O2.C8H4O3.CH4/c1-18(36)20-9-12-26-25(17-20)27(29(37)33-26)28(32-21-13-15-34(2)16-14-21)19-7-10-22(11-8-19)35-30(38)23-5-3-4-6-24(23)31(35)39;1-14(28)16-5-8-20-19(13-16)21(23(29)26-20)22(15-3-6-17(24)7-4-15)25-18-9-11-27(2)12-10-18;9-7-5-3-1-2-4-6(5)8(10)11-7;/h3-12,17,21,33,37H,13-16H2,1-2H3;3-8,13,18,26,29H,9-12,24H2,1-2H3;1-4H;1H4. The number of anilines is 2. The Kier molecular flexibility index (Phi) is 16.2. The highest BCUT2D eigenvalue weighted by Gasteiger charge is 2.36. The van der Waals surface area contributed by atoms with Crippen molar-refractivity contribution in [2.45, 2.75) is 59.0 Å². The zero-order valence-electron chi connectivity index (χ0n) is 44.1. The van der Waals surface area contributed by atoms with Gasteiger partial charge in [-0.3, -0.25) is 29.2 Å². The van der Waals surface area contributed by atoms with E-state index in [4.69, 9.17) is 15.7 Å². The Hall–Kier alpha value is -9.32. The summed E-state index contributed by atoms with van der Waals surface area (Å²) in [6.07, 6.45) is 3.71. The normalized spacial score (nSPS) is 16.1. The van der Waals surface area contributed by atoms with Crippen molar-refractivity contribution in [3.8, 4) is 11.8 Å². The first-order valence-electron chi connectivity index (χ1n) is 26.1. The summed E-state index contributed by atoms with van der Waals surface area (Å²) in [6, 6.07) is 38.9. The number of carbonyl (C=O) groups excluding carboxylic acids is 6. The number of aromatic amines is 2. The van der Waals surface area contributed by atoms with Gasteiger partial charge < -0.3 is 40.5 Å². The number of ketones is 2. The van der Waals surface area contributed by atoms with Crippen LogP contribution in [0.1, 0.15) is 131 Å². The number of esters is 2. The van der Waals surface area contributed by atoms with Gasteiger partial charge >= 0.3 is 11.9 Å². The topological polar surface area (TPSA) is 244 Å². The number of Topliss-reactive ketones (excluding diaryl/α,β-unsaturated/α-hetero) is 2. The number of imide groups is 1. The van der Waals surface area contributed by atoms with Crippen molar-refractivity contribution < 1.29 is 43.7 Å². The highest BCUT2D eigenvalue weighted by molar-refractivity contribution is 6.34. The number of benzene rings is 6. The second kappa shape index (κ2) is 23.3. The summed E-state index contributed by atoms with van der Waals surface area (Å²) in [7, 11) is 4.21. The molecule has 17 heteroatoms. The molecule has 12 rings (SSSR count). The maximum absolute atomic E-state index is 13.0. The van der Waals surface area contributed by atoms with Crippen LogP contribution in [0.2, 0.25) is 0 Å². The molecule has 2 amide bonds. The van der Waals surface area contributed by atoms with Crippen LogP contribution in [-0.4, -0.2) is 129 Å². The van der Waals surface area contributed by atoms with Gasteiger partial charge in [0, 0.05) is 49.7 Å². The fraction of sp³-hybridized carbons (Fsp3) is 0.238. The summed E-state index contributed by atoms with van der Waals surface area (Å²) in [5.74, 6) is -1.85. The number of likely N-dealkylation sites (tertiary alicyclic amines) is 2. The van der Waals surface area contributed by atoms with E-state index in [1.165, 1.54) is 11.8 Å². The number of piperidine rings is 2. The zero-order valence-corrected chi connectivity index (χ0v) is 44.1. The number of carbonyl (C=O) groups is 6. The van der Waals surface area contributed by atoms with E-state index in [0.717, 1.165) is 79.6 Å². The third-order valence-electron chi connectivity index (χ3n) is 14.8. The third-order valence-corrected chi connectivity index (χ3v) is 14.8. The number of aromatic nitrogens is 2. The van der Waals surface area contributed by atoms with Crippen molar-refractivity contribution in [1.82, 2.24) is 19.8 Å². The molecule has 0 saturated carbocycles. The van der Waals surface area contributed by atoms with E-state index in [1.807, 2.05) is 48.5 Å². The van der Waals surface area contributed by atoms with Gasteiger partial charge in [-0.05, 0) is 165 Å². The molecule has 80 heavy (non-hydrogen) atoms. The first-order chi connectivity index (χ1) is 38.0. The lowest BCUT2D eigenvalue weighted by Gasteiger charge is -2.27. The number of cyclic esters (lactones) is 2. The van der Waals surface area contributed by atoms with Gasteiger partial charge in [0.1, 0.15) is 0 Å². The van der Waals surface area contributed by atoms with Crippen molar-refractivity contribution in [3.05, 3.63) is 189 Å². The molecule has 6 heterocycles. The monoisotopic (exact) mass is 1070 g/mol. The van der Waals surface area contributed by atoms with Crippen LogP contribution in [0.25, 0.3) is 21.8 Å². The molecular formula is C63H62N8O9. The van der Waals surface area contributed by atoms with E-state index in [0.29, 0.717) is 72.5 Å². The number of hydrogen-bond acceptors (Lipinski definition) is 14. The summed E-state index contributed by atoms with van der Waals surface area (Å²) >= 11 is 0. The molecule has 0 aliphatic carbocycles. The number of nitrogen functional groups attached to an aromatic ring is 1. The summed E-state index contributed by atoms with van der Waals surface area (Å²) in [6.45, 7) is 6.90. The van der Waals surface area contributed by atoms with Gasteiger partial charge in [-0.15, -0.1) is 0 Å². The maximum Gasteiger partial charge on any atom is 0.346 e. The van der Waals surface area contributed by atoms with Crippen LogP contribution < -0.4 is 10.6 Å². The maximum atomic E-state index is 13.0. The lowest BCUT2D eigenvalue weighted by molar-refractivity contribution is 0.0442. The van der Waals surface area contributed by atoms with E-state index in [-0.39, 0.29) is 54.7 Å². The SMILES string of the molecule is C.CC(=O)c1ccc2[nH]c(O)c(C(=NC3CCN(C)CC3)c3ccc(N)cc3)c2c1.CC(=O)c1ccc2[nH]c(O)c(C(=NC3CCN(C)CC3)c3ccc(N4C(=O)c5ccccc5C4=O)cc3)c2c1.O=C1OC(=O)c2ccccc21. The molecule has 0 atom stereocenters. The van der Waals surface area contributed by atoms with E-state index in [1.54, 1.807) is 91.9 Å². The van der Waals surface area contributed by atoms with Gasteiger partial charge in [0.05, 0.1) is 62.6 Å². The van der Waals surface area contributed by atoms with Gasteiger partial charge in [-0.1, -0.05) is 56.0 Å². The lowest BCUT2D eigenvalue weighted by atomic mass is 9.97. The molecule has 2 aromatic heterocycles. The molecule has 6 N–H and O–H groups in total. The van der Waals surface area contributed by atoms with E-state index >= 15 is 0 Å². The molecule has 0 bridgehead atoms. The van der Waals surface area contributed by atoms with Crippen LogP contribution in [0, 0.1) is 0 Å². The highest BCUT2D eigenvalue weighted by atomic mass is 16.6. The van der Waals surface area contributed by atoms with Crippen LogP contribution in [0.5, 0.6) is 11.8 Å². The number of aliphatic imine (C=N–C) groups is 2. The zero-order chi connectivity index (χ0) is 55.6. The molecule has 0 spiro atoms. The minimum Gasteiger partial charge on any atom is -0.494 e. The van der Waals surface area contributed by atoms with Crippen molar-refractivity contribution in [2.75, 3.05) is 50.9 Å². The lowest BCUT2D eigenvalue weighted by Crippen LogP contribution is -2.32. The number of ether oxygens (including phenoxy) is 1. The molecule has 4 aliphatic rings. The van der Waals surface area contributed by atoms with E-state index in [2.05, 4.69) is 38.6 Å². The Morgan fingerprint density at radius 3 is 1.29 bits per heavy atom. The number of rotatable bonds is 9. The van der Waals surface area contributed by atoms with Crippen molar-refractivity contribution >= 4 is 79.9 Å². The Morgan fingerprint density at radius 2 is 0.900 bits per heavy atom. The van der Waals surface area contributed by atoms with Crippen molar-refractivity contribution in [1.29, 1.82) is 0 Å². The van der Waals surface area contributed by atoms with Gasteiger partial charge in [-0.2, -0.15) is 0 Å². The number of fused-ring (bicyclic) bond motifs is 4. The van der Waals surface area contributed by atoms with Gasteiger partial charge in [0.15, 0.2) is 23.3 Å². The third kappa shape index (κ3) is 11.3. The molecule has 4 aliphatic heterocycles. The number of amides is 2. The average Bonchev–Trinajstić information content (AvgIpc) is 4.19. The summed E-state index contributed by atoms with van der Waals surface area (Å²) < 4.78 is 4.35. The van der Waals surface area contributed by atoms with Crippen LogP contribution >= 0.6 is 0 Å².